The fourth-order valence-electron chi connectivity index (χ4n) is 7.35. The largest absolute Gasteiger partial charge is 0.481 e. The van der Waals surface area contributed by atoms with E-state index in [9.17, 15) is 73.2 Å². The van der Waals surface area contributed by atoms with E-state index in [1.54, 1.807) is 44.2 Å². The lowest BCUT2D eigenvalue weighted by atomic mass is 9.95. The molecule has 20 N–H and O–H groups in total. The smallest absolute Gasteiger partial charge is 0.326 e. The molecular formula is C48H74N14O16. The molecule has 1 heterocycles. The number of aromatic nitrogens is 2. The summed E-state index contributed by atoms with van der Waals surface area (Å²) in [6.07, 6.45) is 0.510. The Hall–Kier alpha value is -8.25. The van der Waals surface area contributed by atoms with Crippen LogP contribution in [0.2, 0.25) is 0 Å². The minimum atomic E-state index is -1.88. The number of amides is 8. The van der Waals surface area contributed by atoms with Crippen LogP contribution in [0.25, 0.3) is 0 Å². The Morgan fingerprint density at radius 1 is 0.590 bits per heavy atom. The van der Waals surface area contributed by atoms with Gasteiger partial charge >= 0.3 is 17.9 Å². The number of benzene rings is 1. The quantitative estimate of drug-likeness (QED) is 0.0172. The molecule has 30 heteroatoms. The zero-order valence-corrected chi connectivity index (χ0v) is 43.7. The van der Waals surface area contributed by atoms with E-state index < -0.39 is 164 Å². The molecule has 0 aliphatic heterocycles. The van der Waals surface area contributed by atoms with Crippen LogP contribution in [0.15, 0.2) is 47.8 Å². The van der Waals surface area contributed by atoms with Crippen molar-refractivity contribution < 1.29 is 78.3 Å². The summed E-state index contributed by atoms with van der Waals surface area (Å²) in [6, 6.07) is -5.89. The van der Waals surface area contributed by atoms with Crippen LogP contribution in [0.4, 0.5) is 0 Å². The summed E-state index contributed by atoms with van der Waals surface area (Å²) in [7, 11) is 0. The van der Waals surface area contributed by atoms with Crippen molar-refractivity contribution >= 4 is 71.1 Å². The van der Waals surface area contributed by atoms with Crippen molar-refractivity contribution in [2.24, 2.45) is 34.0 Å². The highest BCUT2D eigenvalue weighted by Gasteiger charge is 2.37. The molecule has 0 unspecified atom stereocenters. The molecule has 78 heavy (non-hydrogen) atoms. The molecule has 1 aromatic carbocycles. The van der Waals surface area contributed by atoms with Gasteiger partial charge in [0.25, 0.3) is 0 Å². The standard InChI is InChI=1S/C48H74N14O16/c1-5-25(4)38(62-39(69)28(49)13-15-35(65)66)46(76)61-37(24(2)3)45(75)56-30(14-16-36(67)68)41(71)59-34(22-64)44(74)57-31(18-26-10-7-6-8-11-26)42(72)60-33(21-63)43(73)55-29(12-9-17-53-48(50)51)40(70)58-32(47(77)78)19-27-20-52-23-54-27/h6-8,10-11,20,23-25,28-34,37-38,63-64H,5,9,12-19,21-22,49H2,1-4H3,(H,52,54)(H,55,73)(H,56,75)(H,57,74)(H,58,70)(H,59,71)(H,60,72)(H,61,76)(H,62,69)(H,65,66)(H,67,68)(H,77,78)(H4,50,51,53)/t25-,28-,29-,30-,31-,32-,33-,34-,37-,38-/m0/s1. The second-order valence-corrected chi connectivity index (χ2v) is 18.6. The van der Waals surface area contributed by atoms with E-state index in [1.165, 1.54) is 26.4 Å². The van der Waals surface area contributed by atoms with E-state index in [0.717, 1.165) is 0 Å². The SMILES string of the molecule is CC[C@H](C)[C@H](NC(=O)[C@@H](N)CCC(=O)O)C(=O)N[C@H](C(=O)N[C@@H](CCC(=O)O)C(=O)N[C@@H](CO)C(=O)N[C@@H](Cc1ccccc1)C(=O)N[C@@H](CO)C(=O)N[C@@H](CCCN=C(N)N)C(=O)N[C@@H](Cc1cnc[nH]1)C(=O)O)C(C)C. The highest BCUT2D eigenvalue weighted by molar-refractivity contribution is 5.98. The number of nitrogens with one attached hydrogen (secondary N) is 9. The summed E-state index contributed by atoms with van der Waals surface area (Å²) in [6.45, 7) is 4.24. The number of hydrogen-bond donors (Lipinski definition) is 17. The number of aliphatic imine (C=N–C) groups is 1. The topological polar surface area (TPSA) is 504 Å². The van der Waals surface area contributed by atoms with Gasteiger partial charge in [0.1, 0.15) is 48.3 Å². The Labute approximate surface area is 448 Å². The number of aromatic amines is 1. The Bertz CT molecular complexity index is 2370. The third kappa shape index (κ3) is 23.3. The molecule has 0 saturated carbocycles. The number of carbonyl (C=O) groups is 11. The highest BCUT2D eigenvalue weighted by Crippen LogP contribution is 2.13. The Morgan fingerprint density at radius 2 is 1.06 bits per heavy atom. The minimum Gasteiger partial charge on any atom is -0.481 e. The van der Waals surface area contributed by atoms with Crippen LogP contribution in [0, 0.1) is 11.8 Å². The number of nitrogens with two attached hydrogens (primary N) is 3. The lowest BCUT2D eigenvalue weighted by molar-refractivity contribution is -0.142. The number of aliphatic carboxylic acids is 3. The molecule has 0 aliphatic rings. The molecule has 10 atom stereocenters. The summed E-state index contributed by atoms with van der Waals surface area (Å²) in [5, 5.41) is 68.2. The number of H-pyrrole nitrogens is 1. The fraction of sp³-hybridized carbons (Fsp3) is 0.562. The van der Waals surface area contributed by atoms with Gasteiger partial charge in [-0.05, 0) is 43.1 Å². The van der Waals surface area contributed by atoms with Gasteiger partial charge in [-0.25, -0.2) is 9.78 Å². The number of carbonyl (C=O) groups excluding carboxylic acids is 8. The number of hydrogen-bond acceptors (Lipinski definition) is 16. The van der Waals surface area contributed by atoms with Crippen LogP contribution >= 0.6 is 0 Å². The van der Waals surface area contributed by atoms with E-state index >= 15 is 0 Å². The van der Waals surface area contributed by atoms with Gasteiger partial charge < -0.3 is 90.3 Å². The van der Waals surface area contributed by atoms with Gasteiger partial charge in [-0.3, -0.25) is 52.9 Å². The van der Waals surface area contributed by atoms with Gasteiger partial charge in [-0.1, -0.05) is 64.4 Å². The van der Waals surface area contributed by atoms with Crippen molar-refractivity contribution in [3.8, 4) is 0 Å². The Kier molecular flexibility index (Phi) is 28.5. The normalized spacial score (nSPS) is 14.9. The summed E-state index contributed by atoms with van der Waals surface area (Å²) in [5.74, 6) is -13.7. The molecule has 0 radical (unpaired) electrons. The average molecular weight is 1100 g/mol. The number of carboxylic acid groups (broad SMARTS) is 3. The fourth-order valence-corrected chi connectivity index (χ4v) is 7.35. The molecule has 8 amide bonds. The molecule has 0 aliphatic carbocycles. The maximum absolute atomic E-state index is 14.0. The second kappa shape index (κ2) is 33.7. The van der Waals surface area contributed by atoms with Gasteiger partial charge in [0.05, 0.1) is 25.6 Å². The number of carboxylic acids is 3. The van der Waals surface area contributed by atoms with Crippen LogP contribution in [0.5, 0.6) is 0 Å². The molecule has 432 valence electrons. The van der Waals surface area contributed by atoms with E-state index in [0.29, 0.717) is 17.7 Å². The van der Waals surface area contributed by atoms with Gasteiger partial charge in [-0.2, -0.15) is 0 Å². The Morgan fingerprint density at radius 3 is 1.56 bits per heavy atom. The maximum atomic E-state index is 14.0. The Balaban J connectivity index is 2.36. The summed E-state index contributed by atoms with van der Waals surface area (Å²) >= 11 is 0. The minimum absolute atomic E-state index is 0.00900. The maximum Gasteiger partial charge on any atom is 0.326 e. The number of guanidine groups is 1. The molecule has 1 aromatic heterocycles. The summed E-state index contributed by atoms with van der Waals surface area (Å²) < 4.78 is 0. The van der Waals surface area contributed by atoms with Crippen molar-refractivity contribution in [1.82, 2.24) is 52.5 Å². The summed E-state index contributed by atoms with van der Waals surface area (Å²) in [4.78, 5) is 155. The monoisotopic (exact) mass is 1100 g/mol. The van der Waals surface area contributed by atoms with Crippen molar-refractivity contribution in [3.63, 3.8) is 0 Å². The molecule has 30 nitrogen and oxygen atoms in total. The van der Waals surface area contributed by atoms with E-state index in [1.807, 2.05) is 0 Å². The highest BCUT2D eigenvalue weighted by atomic mass is 16.4. The number of rotatable bonds is 36. The molecular weight excluding hydrogens is 1030 g/mol. The van der Waals surface area contributed by atoms with E-state index in [2.05, 4.69) is 57.5 Å². The molecule has 0 fully saturated rings. The van der Waals surface area contributed by atoms with Gasteiger partial charge in [0, 0.05) is 44.1 Å². The molecule has 0 bridgehead atoms. The van der Waals surface area contributed by atoms with Crippen LogP contribution in [-0.2, 0) is 65.6 Å². The first-order valence-electron chi connectivity index (χ1n) is 24.9. The third-order valence-corrected chi connectivity index (χ3v) is 12.0. The third-order valence-electron chi connectivity index (χ3n) is 12.0. The first-order valence-corrected chi connectivity index (χ1v) is 24.9. The van der Waals surface area contributed by atoms with Crippen LogP contribution in [0.3, 0.4) is 0 Å². The molecule has 0 spiro atoms. The number of aliphatic hydroxyl groups excluding tert-OH is 2. The van der Waals surface area contributed by atoms with Crippen LogP contribution < -0.4 is 59.7 Å². The zero-order valence-electron chi connectivity index (χ0n) is 43.7. The van der Waals surface area contributed by atoms with Crippen LogP contribution in [-0.4, -0.2) is 181 Å². The molecule has 0 saturated heterocycles. The number of imidazole rings is 1. The van der Waals surface area contributed by atoms with E-state index in [4.69, 9.17) is 22.3 Å². The number of aliphatic hydroxyl groups is 2. The predicted molar refractivity (Wildman–Crippen MR) is 276 cm³/mol. The first kappa shape index (κ1) is 65.9. The lowest BCUT2D eigenvalue weighted by Crippen LogP contribution is -2.62. The van der Waals surface area contributed by atoms with Crippen molar-refractivity contribution in [2.45, 2.75) is 140 Å². The van der Waals surface area contributed by atoms with Gasteiger partial charge in [-0.15, -0.1) is 0 Å². The summed E-state index contributed by atoms with van der Waals surface area (Å²) in [5.41, 5.74) is 17.5. The second-order valence-electron chi connectivity index (χ2n) is 18.6. The van der Waals surface area contributed by atoms with Crippen LogP contribution in [0.1, 0.15) is 83.9 Å². The van der Waals surface area contributed by atoms with Gasteiger partial charge in [0.2, 0.25) is 47.3 Å². The lowest BCUT2D eigenvalue weighted by Gasteiger charge is -2.30. The van der Waals surface area contributed by atoms with Crippen molar-refractivity contribution in [2.75, 3.05) is 19.8 Å². The van der Waals surface area contributed by atoms with Gasteiger partial charge in [0.15, 0.2) is 5.96 Å². The zero-order chi connectivity index (χ0) is 58.6. The van der Waals surface area contributed by atoms with Crippen molar-refractivity contribution in [1.29, 1.82) is 0 Å². The number of nitrogens with zero attached hydrogens (tertiary/aromatic N) is 2. The first-order chi connectivity index (χ1) is 36.8. The molecule has 2 aromatic rings. The average Bonchev–Trinajstić information content (AvgIpc) is 3.91. The van der Waals surface area contributed by atoms with Crippen molar-refractivity contribution in [3.05, 3.63) is 54.1 Å². The molecule has 2 rings (SSSR count). The van der Waals surface area contributed by atoms with E-state index in [-0.39, 0.29) is 44.6 Å². The predicted octanol–water partition coefficient (Wildman–Crippen LogP) is -5.04.